The van der Waals surface area contributed by atoms with Gasteiger partial charge >= 0.3 is 0 Å². The van der Waals surface area contributed by atoms with E-state index in [4.69, 9.17) is 10.5 Å². The minimum Gasteiger partial charge on any atom is -0.494 e. The molecular weight excluding hydrogens is 248 g/mol. The van der Waals surface area contributed by atoms with Crippen LogP contribution in [0.5, 0.6) is 5.75 Å². The first kappa shape index (κ1) is 15.3. The van der Waals surface area contributed by atoms with Crippen molar-refractivity contribution in [3.05, 3.63) is 29.8 Å². The summed E-state index contributed by atoms with van der Waals surface area (Å²) < 4.78 is 5.50. The van der Waals surface area contributed by atoms with E-state index in [2.05, 4.69) is 43.0 Å². The topological polar surface area (TPSA) is 38.5 Å². The molecule has 1 aliphatic heterocycles. The van der Waals surface area contributed by atoms with Gasteiger partial charge < -0.3 is 10.5 Å². The Balaban J connectivity index is 2.01. The standard InChI is InChI=1S/C17H28N2O/c1-4-14-12-19(11-10-17(14)18)13(3)15-6-8-16(9-7-15)20-5-2/h6-9,13-14,17H,4-5,10-12,18H2,1-3H3. The van der Waals surface area contributed by atoms with Crippen molar-refractivity contribution in [2.24, 2.45) is 11.7 Å². The second kappa shape index (κ2) is 7.09. The molecule has 0 aliphatic carbocycles. The number of rotatable bonds is 5. The lowest BCUT2D eigenvalue weighted by atomic mass is 9.89. The molecule has 1 aliphatic rings. The molecule has 0 saturated carbocycles. The van der Waals surface area contributed by atoms with Crippen molar-refractivity contribution >= 4 is 0 Å². The highest BCUT2D eigenvalue weighted by Gasteiger charge is 2.28. The lowest BCUT2D eigenvalue weighted by Gasteiger charge is -2.40. The van der Waals surface area contributed by atoms with E-state index in [1.54, 1.807) is 0 Å². The summed E-state index contributed by atoms with van der Waals surface area (Å²) in [7, 11) is 0. The van der Waals surface area contributed by atoms with E-state index in [9.17, 15) is 0 Å². The number of hydrogen-bond acceptors (Lipinski definition) is 3. The average Bonchev–Trinajstić information content (AvgIpc) is 2.48. The van der Waals surface area contributed by atoms with E-state index in [1.807, 2.05) is 6.92 Å². The Morgan fingerprint density at radius 2 is 2.00 bits per heavy atom. The first-order valence-corrected chi connectivity index (χ1v) is 7.88. The molecule has 2 N–H and O–H groups in total. The summed E-state index contributed by atoms with van der Waals surface area (Å²) in [6.45, 7) is 9.49. The van der Waals surface area contributed by atoms with Crippen LogP contribution in [0.4, 0.5) is 0 Å². The highest BCUT2D eigenvalue weighted by molar-refractivity contribution is 5.29. The molecule has 20 heavy (non-hydrogen) atoms. The van der Waals surface area contributed by atoms with E-state index < -0.39 is 0 Å². The summed E-state index contributed by atoms with van der Waals surface area (Å²) >= 11 is 0. The molecule has 0 bridgehead atoms. The fraction of sp³-hybridized carbons (Fsp3) is 0.647. The van der Waals surface area contributed by atoms with Gasteiger partial charge in [-0.1, -0.05) is 25.5 Å². The first-order valence-electron chi connectivity index (χ1n) is 7.88. The molecular formula is C17H28N2O. The summed E-state index contributed by atoms with van der Waals surface area (Å²) in [6, 6.07) is 9.34. The molecule has 1 fully saturated rings. The van der Waals surface area contributed by atoms with E-state index in [1.165, 1.54) is 12.0 Å². The van der Waals surface area contributed by atoms with Gasteiger partial charge in [-0.05, 0) is 43.9 Å². The minimum absolute atomic E-state index is 0.379. The first-order chi connectivity index (χ1) is 9.65. The molecule has 3 unspecified atom stereocenters. The SMILES string of the molecule is CCOc1ccc(C(C)N2CCC(N)C(CC)C2)cc1. The Morgan fingerprint density at radius 3 is 2.60 bits per heavy atom. The maximum absolute atomic E-state index is 6.20. The Kier molecular flexibility index (Phi) is 5.44. The summed E-state index contributed by atoms with van der Waals surface area (Å²) in [5, 5.41) is 0. The molecule has 0 amide bonds. The van der Waals surface area contributed by atoms with Crippen molar-refractivity contribution in [1.82, 2.24) is 4.90 Å². The third-order valence-corrected chi connectivity index (χ3v) is 4.57. The minimum atomic E-state index is 0.379. The van der Waals surface area contributed by atoms with Crippen LogP contribution in [0.1, 0.15) is 45.2 Å². The molecule has 3 atom stereocenters. The molecule has 1 heterocycles. The van der Waals surface area contributed by atoms with Gasteiger partial charge in [0.05, 0.1) is 6.61 Å². The number of ether oxygens (including phenoxy) is 1. The lowest BCUT2D eigenvalue weighted by molar-refractivity contribution is 0.114. The second-order valence-corrected chi connectivity index (χ2v) is 5.79. The van der Waals surface area contributed by atoms with Gasteiger partial charge in [0.1, 0.15) is 5.75 Å². The van der Waals surface area contributed by atoms with Crippen LogP contribution in [0.25, 0.3) is 0 Å². The van der Waals surface area contributed by atoms with Gasteiger partial charge in [-0.15, -0.1) is 0 Å². The number of hydrogen-bond donors (Lipinski definition) is 1. The fourth-order valence-electron chi connectivity index (χ4n) is 3.08. The van der Waals surface area contributed by atoms with Crippen molar-refractivity contribution in [2.75, 3.05) is 19.7 Å². The van der Waals surface area contributed by atoms with Gasteiger partial charge in [0, 0.05) is 25.2 Å². The van der Waals surface area contributed by atoms with Gasteiger partial charge in [-0.25, -0.2) is 0 Å². The smallest absolute Gasteiger partial charge is 0.119 e. The quantitative estimate of drug-likeness (QED) is 0.897. The Bertz CT molecular complexity index is 404. The fourth-order valence-corrected chi connectivity index (χ4v) is 3.08. The number of benzene rings is 1. The van der Waals surface area contributed by atoms with Crippen molar-refractivity contribution < 1.29 is 4.74 Å². The summed E-state index contributed by atoms with van der Waals surface area (Å²) in [5.41, 5.74) is 7.56. The van der Waals surface area contributed by atoms with Crippen LogP contribution in [-0.2, 0) is 0 Å². The van der Waals surface area contributed by atoms with Crippen LogP contribution in [-0.4, -0.2) is 30.6 Å². The van der Waals surface area contributed by atoms with Crippen molar-refractivity contribution in [3.63, 3.8) is 0 Å². The van der Waals surface area contributed by atoms with E-state index >= 15 is 0 Å². The van der Waals surface area contributed by atoms with Gasteiger partial charge in [-0.2, -0.15) is 0 Å². The van der Waals surface area contributed by atoms with E-state index in [0.29, 0.717) is 18.0 Å². The monoisotopic (exact) mass is 276 g/mol. The zero-order valence-electron chi connectivity index (χ0n) is 13.0. The van der Waals surface area contributed by atoms with E-state index in [0.717, 1.165) is 31.9 Å². The molecule has 1 aromatic carbocycles. The number of nitrogens with zero attached hydrogens (tertiary/aromatic N) is 1. The van der Waals surface area contributed by atoms with Gasteiger partial charge in [0.2, 0.25) is 0 Å². The molecule has 1 saturated heterocycles. The molecule has 3 nitrogen and oxygen atoms in total. The molecule has 0 radical (unpaired) electrons. The molecule has 112 valence electrons. The third kappa shape index (κ3) is 3.53. The number of piperidine rings is 1. The Hall–Kier alpha value is -1.06. The van der Waals surface area contributed by atoms with Gasteiger partial charge in [0.15, 0.2) is 0 Å². The molecule has 0 spiro atoms. The molecule has 2 rings (SSSR count). The van der Waals surface area contributed by atoms with Crippen molar-refractivity contribution in [1.29, 1.82) is 0 Å². The predicted molar refractivity (Wildman–Crippen MR) is 84.0 cm³/mol. The number of nitrogens with two attached hydrogens (primary N) is 1. The zero-order valence-corrected chi connectivity index (χ0v) is 13.0. The summed E-state index contributed by atoms with van der Waals surface area (Å²) in [4.78, 5) is 2.56. The van der Waals surface area contributed by atoms with E-state index in [-0.39, 0.29) is 0 Å². The van der Waals surface area contributed by atoms with Crippen LogP contribution in [0, 0.1) is 5.92 Å². The van der Waals surface area contributed by atoms with Crippen LogP contribution >= 0.6 is 0 Å². The summed E-state index contributed by atoms with van der Waals surface area (Å²) in [6.07, 6.45) is 2.29. The number of likely N-dealkylation sites (tertiary alicyclic amines) is 1. The van der Waals surface area contributed by atoms with Gasteiger partial charge in [-0.3, -0.25) is 4.90 Å². The van der Waals surface area contributed by atoms with Crippen LogP contribution in [0.2, 0.25) is 0 Å². The third-order valence-electron chi connectivity index (χ3n) is 4.57. The summed E-state index contributed by atoms with van der Waals surface area (Å²) in [5.74, 6) is 1.59. The zero-order chi connectivity index (χ0) is 14.5. The molecule has 0 aromatic heterocycles. The highest BCUT2D eigenvalue weighted by Crippen LogP contribution is 2.28. The van der Waals surface area contributed by atoms with Crippen molar-refractivity contribution in [2.45, 2.75) is 45.7 Å². The van der Waals surface area contributed by atoms with Crippen molar-refractivity contribution in [3.8, 4) is 5.75 Å². The van der Waals surface area contributed by atoms with Crippen LogP contribution < -0.4 is 10.5 Å². The maximum Gasteiger partial charge on any atom is 0.119 e. The Labute approximate surface area is 123 Å². The second-order valence-electron chi connectivity index (χ2n) is 5.79. The highest BCUT2D eigenvalue weighted by atomic mass is 16.5. The van der Waals surface area contributed by atoms with Crippen LogP contribution in [0.3, 0.4) is 0 Å². The average molecular weight is 276 g/mol. The van der Waals surface area contributed by atoms with Crippen LogP contribution in [0.15, 0.2) is 24.3 Å². The van der Waals surface area contributed by atoms with Gasteiger partial charge in [0.25, 0.3) is 0 Å². The lowest BCUT2D eigenvalue weighted by Crippen LogP contribution is -2.47. The normalized spacial score (nSPS) is 25.4. The predicted octanol–water partition coefficient (Wildman–Crippen LogP) is 3.21. The molecule has 1 aromatic rings. The Morgan fingerprint density at radius 1 is 1.30 bits per heavy atom. The molecule has 3 heteroatoms. The largest absolute Gasteiger partial charge is 0.494 e. The maximum atomic E-state index is 6.20.